The maximum absolute atomic E-state index is 11.0. The number of amides is 1. The monoisotopic (exact) mass is 264 g/mol. The van der Waals surface area contributed by atoms with Gasteiger partial charge in [-0.2, -0.15) is 0 Å². The van der Waals surface area contributed by atoms with Gasteiger partial charge in [0.25, 0.3) is 0 Å². The number of aliphatic carboxylic acids is 1. The zero-order chi connectivity index (χ0) is 13.8. The molecule has 102 valence electrons. The molecule has 1 atom stereocenters. The average molecular weight is 264 g/mol. The number of rotatable bonds is 4. The third-order valence-corrected chi connectivity index (χ3v) is 3.12. The number of morpholine rings is 1. The molecule has 1 aliphatic rings. The summed E-state index contributed by atoms with van der Waals surface area (Å²) >= 11 is 0. The van der Waals surface area contributed by atoms with Gasteiger partial charge < -0.3 is 20.5 Å². The quantitative estimate of drug-likeness (QED) is 0.824. The number of carboxylic acid groups (broad SMARTS) is 1. The molecule has 0 radical (unpaired) electrons. The smallest absolute Gasteiger partial charge is 0.305 e. The molecule has 0 bridgehead atoms. The van der Waals surface area contributed by atoms with Crippen LogP contribution in [-0.4, -0.2) is 42.8 Å². The van der Waals surface area contributed by atoms with E-state index in [0.29, 0.717) is 25.3 Å². The highest BCUT2D eigenvalue weighted by molar-refractivity contribution is 5.93. The molecule has 0 aromatic heterocycles. The molecule has 1 amide bonds. The minimum absolute atomic E-state index is 0.0254. The summed E-state index contributed by atoms with van der Waals surface area (Å²) in [6.45, 7) is 1.59. The zero-order valence-corrected chi connectivity index (χ0v) is 10.4. The molecule has 1 aromatic rings. The van der Waals surface area contributed by atoms with Gasteiger partial charge in [-0.25, -0.2) is 0 Å². The molecule has 0 spiro atoms. The molecule has 1 aromatic carbocycles. The van der Waals surface area contributed by atoms with Crippen LogP contribution in [0.5, 0.6) is 0 Å². The van der Waals surface area contributed by atoms with Gasteiger partial charge in [-0.3, -0.25) is 9.59 Å². The van der Waals surface area contributed by atoms with Crippen LogP contribution in [0, 0.1) is 0 Å². The molecule has 1 aliphatic heterocycles. The van der Waals surface area contributed by atoms with Gasteiger partial charge in [0.2, 0.25) is 5.91 Å². The maximum Gasteiger partial charge on any atom is 0.305 e. The van der Waals surface area contributed by atoms with Crippen molar-refractivity contribution in [2.24, 2.45) is 5.73 Å². The van der Waals surface area contributed by atoms with Gasteiger partial charge >= 0.3 is 5.97 Å². The maximum atomic E-state index is 11.0. The Hall–Kier alpha value is -2.08. The number of anilines is 1. The normalized spacial score (nSPS) is 19.2. The first-order valence-electron chi connectivity index (χ1n) is 6.04. The third-order valence-electron chi connectivity index (χ3n) is 3.12. The first-order valence-corrected chi connectivity index (χ1v) is 6.04. The predicted octanol–water partition coefficient (Wildman–Crippen LogP) is 0.465. The highest BCUT2D eigenvalue weighted by atomic mass is 16.5. The van der Waals surface area contributed by atoms with Crippen molar-refractivity contribution in [2.45, 2.75) is 12.5 Å². The second-order valence-corrected chi connectivity index (χ2v) is 4.43. The average Bonchev–Trinajstić information content (AvgIpc) is 2.39. The van der Waals surface area contributed by atoms with Crippen molar-refractivity contribution in [3.05, 3.63) is 29.8 Å². The van der Waals surface area contributed by atoms with Gasteiger partial charge in [0.1, 0.15) is 0 Å². The molecule has 1 fully saturated rings. The highest BCUT2D eigenvalue weighted by Crippen LogP contribution is 2.22. The summed E-state index contributed by atoms with van der Waals surface area (Å²) in [7, 11) is 0. The molecule has 3 N–H and O–H groups in total. The number of benzene rings is 1. The Morgan fingerprint density at radius 1 is 1.37 bits per heavy atom. The summed E-state index contributed by atoms with van der Waals surface area (Å²) in [5.41, 5.74) is 6.50. The van der Waals surface area contributed by atoms with Crippen molar-refractivity contribution in [1.82, 2.24) is 0 Å². The molecular weight excluding hydrogens is 248 g/mol. The van der Waals surface area contributed by atoms with Crippen molar-refractivity contribution in [3.63, 3.8) is 0 Å². The predicted molar refractivity (Wildman–Crippen MR) is 69.2 cm³/mol. The van der Waals surface area contributed by atoms with Crippen LogP contribution in [0.1, 0.15) is 16.8 Å². The highest BCUT2D eigenvalue weighted by Gasteiger charge is 2.25. The van der Waals surface area contributed by atoms with E-state index < -0.39 is 11.9 Å². The molecule has 2 rings (SSSR count). The lowest BCUT2D eigenvalue weighted by atomic mass is 10.1. The minimum atomic E-state index is -0.853. The SMILES string of the molecule is NC(=O)c1ccc(N2CCOCC2CC(=O)O)cc1. The molecule has 6 heteroatoms. The number of hydrogen-bond donors (Lipinski definition) is 2. The summed E-state index contributed by atoms with van der Waals surface area (Å²) in [5.74, 6) is -1.33. The number of nitrogens with zero attached hydrogens (tertiary/aromatic N) is 1. The summed E-state index contributed by atoms with van der Waals surface area (Å²) in [5, 5.41) is 8.90. The van der Waals surface area contributed by atoms with Crippen molar-refractivity contribution >= 4 is 17.6 Å². The Labute approximate surface area is 110 Å². The van der Waals surface area contributed by atoms with Crippen molar-refractivity contribution in [3.8, 4) is 0 Å². The van der Waals surface area contributed by atoms with E-state index in [1.807, 2.05) is 4.90 Å². The summed E-state index contributed by atoms with van der Waals surface area (Å²) in [6.07, 6.45) is 0.0254. The fraction of sp³-hybridized carbons (Fsp3) is 0.385. The first-order chi connectivity index (χ1) is 9.08. The van der Waals surface area contributed by atoms with Crippen LogP contribution < -0.4 is 10.6 Å². The van der Waals surface area contributed by atoms with E-state index in [0.717, 1.165) is 5.69 Å². The van der Waals surface area contributed by atoms with Gasteiger partial charge in [-0.05, 0) is 24.3 Å². The van der Waals surface area contributed by atoms with E-state index >= 15 is 0 Å². The number of carboxylic acids is 1. The number of hydrogen-bond acceptors (Lipinski definition) is 4. The Morgan fingerprint density at radius 3 is 2.63 bits per heavy atom. The largest absolute Gasteiger partial charge is 0.481 e. The number of primary amides is 1. The molecule has 0 aliphatic carbocycles. The van der Waals surface area contributed by atoms with Crippen LogP contribution in [0.25, 0.3) is 0 Å². The fourth-order valence-electron chi connectivity index (χ4n) is 2.18. The van der Waals surface area contributed by atoms with E-state index in [1.54, 1.807) is 24.3 Å². The molecule has 1 unspecified atom stereocenters. The van der Waals surface area contributed by atoms with E-state index in [9.17, 15) is 9.59 Å². The Kier molecular flexibility index (Phi) is 4.01. The summed E-state index contributed by atoms with van der Waals surface area (Å²) < 4.78 is 5.32. The van der Waals surface area contributed by atoms with Gasteiger partial charge in [0.05, 0.1) is 25.7 Å². The van der Waals surface area contributed by atoms with E-state index in [-0.39, 0.29) is 12.5 Å². The van der Waals surface area contributed by atoms with Crippen LogP contribution in [0.3, 0.4) is 0 Å². The van der Waals surface area contributed by atoms with Gasteiger partial charge in [0.15, 0.2) is 0 Å². The number of ether oxygens (including phenoxy) is 1. The lowest BCUT2D eigenvalue weighted by molar-refractivity contribution is -0.138. The Morgan fingerprint density at radius 2 is 2.05 bits per heavy atom. The van der Waals surface area contributed by atoms with Gasteiger partial charge in [-0.1, -0.05) is 0 Å². The fourth-order valence-corrected chi connectivity index (χ4v) is 2.18. The zero-order valence-electron chi connectivity index (χ0n) is 10.4. The molecular formula is C13H16N2O4. The van der Waals surface area contributed by atoms with Crippen LogP contribution in [0.2, 0.25) is 0 Å². The van der Waals surface area contributed by atoms with E-state index in [2.05, 4.69) is 0 Å². The van der Waals surface area contributed by atoms with Crippen LogP contribution in [0.4, 0.5) is 5.69 Å². The molecule has 6 nitrogen and oxygen atoms in total. The van der Waals surface area contributed by atoms with Crippen molar-refractivity contribution < 1.29 is 19.4 Å². The van der Waals surface area contributed by atoms with E-state index in [4.69, 9.17) is 15.6 Å². The minimum Gasteiger partial charge on any atom is -0.481 e. The second-order valence-electron chi connectivity index (χ2n) is 4.43. The van der Waals surface area contributed by atoms with Gasteiger partial charge in [0, 0.05) is 17.8 Å². The van der Waals surface area contributed by atoms with Crippen molar-refractivity contribution in [2.75, 3.05) is 24.7 Å². The summed E-state index contributed by atoms with van der Waals surface area (Å²) in [6, 6.07) is 6.65. The lowest BCUT2D eigenvalue weighted by Gasteiger charge is -2.36. The summed E-state index contributed by atoms with van der Waals surface area (Å²) in [4.78, 5) is 23.8. The molecule has 1 saturated heterocycles. The van der Waals surface area contributed by atoms with Crippen LogP contribution in [-0.2, 0) is 9.53 Å². The number of carbonyl (C=O) groups is 2. The van der Waals surface area contributed by atoms with Crippen molar-refractivity contribution in [1.29, 1.82) is 0 Å². The number of nitrogens with two attached hydrogens (primary N) is 1. The van der Waals surface area contributed by atoms with E-state index in [1.165, 1.54) is 0 Å². The third kappa shape index (κ3) is 3.23. The van der Waals surface area contributed by atoms with Gasteiger partial charge in [-0.15, -0.1) is 0 Å². The molecule has 0 saturated carbocycles. The second kappa shape index (κ2) is 5.71. The van der Waals surface area contributed by atoms with Crippen LogP contribution in [0.15, 0.2) is 24.3 Å². The molecule has 19 heavy (non-hydrogen) atoms. The standard InChI is InChI=1S/C13H16N2O4/c14-13(18)9-1-3-10(4-2-9)15-5-6-19-8-11(15)7-12(16)17/h1-4,11H,5-8H2,(H2,14,18)(H,16,17). The first kappa shape index (κ1) is 13.4. The Balaban J connectivity index is 2.17. The number of carbonyl (C=O) groups excluding carboxylic acids is 1. The lowest BCUT2D eigenvalue weighted by Crippen LogP contribution is -2.46. The molecule has 1 heterocycles. The topological polar surface area (TPSA) is 92.9 Å². The van der Waals surface area contributed by atoms with Crippen LogP contribution >= 0.6 is 0 Å². The Bertz CT molecular complexity index is 472.